The van der Waals surface area contributed by atoms with Crippen molar-refractivity contribution in [3.05, 3.63) is 66.1 Å². The summed E-state index contributed by atoms with van der Waals surface area (Å²) in [7, 11) is 0. The fourth-order valence-electron chi connectivity index (χ4n) is 2.66. The Bertz CT molecular complexity index is 874. The standard InChI is InChI=1S/C20H21FN4O/c1-2-3-6-14-9-11-15(12-10-14)23-20(26)24-18-13-22-25-19(18)16-7-4-5-8-17(16)21/h4-5,7-13H,2-3,6H2,1H3,(H,22,25)(H2,23,24,26). The Morgan fingerprint density at radius 3 is 2.62 bits per heavy atom. The van der Waals surface area contributed by atoms with Crippen molar-refractivity contribution in [2.24, 2.45) is 0 Å². The quantitative estimate of drug-likeness (QED) is 0.570. The second kappa shape index (κ2) is 8.29. The molecule has 2 aromatic carbocycles. The molecule has 0 saturated carbocycles. The molecule has 3 rings (SSSR count). The fraction of sp³-hybridized carbons (Fsp3) is 0.200. The van der Waals surface area contributed by atoms with Gasteiger partial charge in [0.15, 0.2) is 0 Å². The van der Waals surface area contributed by atoms with Gasteiger partial charge < -0.3 is 10.6 Å². The van der Waals surface area contributed by atoms with E-state index in [1.54, 1.807) is 18.2 Å². The van der Waals surface area contributed by atoms with E-state index in [1.165, 1.54) is 17.8 Å². The Morgan fingerprint density at radius 1 is 1.12 bits per heavy atom. The number of rotatable bonds is 6. The van der Waals surface area contributed by atoms with E-state index in [0.29, 0.717) is 22.6 Å². The number of unbranched alkanes of at least 4 members (excludes halogenated alkanes) is 1. The smallest absolute Gasteiger partial charge is 0.308 e. The highest BCUT2D eigenvalue weighted by Crippen LogP contribution is 2.27. The van der Waals surface area contributed by atoms with Gasteiger partial charge >= 0.3 is 6.03 Å². The zero-order chi connectivity index (χ0) is 18.4. The lowest BCUT2D eigenvalue weighted by atomic mass is 10.1. The summed E-state index contributed by atoms with van der Waals surface area (Å²) in [5.74, 6) is -0.397. The summed E-state index contributed by atoms with van der Waals surface area (Å²) in [5.41, 5.74) is 3.03. The molecule has 3 N–H and O–H groups in total. The van der Waals surface area contributed by atoms with E-state index in [1.807, 2.05) is 24.3 Å². The van der Waals surface area contributed by atoms with Gasteiger partial charge in [0.2, 0.25) is 0 Å². The van der Waals surface area contributed by atoms with Gasteiger partial charge in [-0.2, -0.15) is 5.10 Å². The lowest BCUT2D eigenvalue weighted by Crippen LogP contribution is -2.19. The number of aryl methyl sites for hydroxylation is 1. The lowest BCUT2D eigenvalue weighted by molar-refractivity contribution is 0.262. The molecule has 1 aromatic heterocycles. The number of carbonyl (C=O) groups excluding carboxylic acids is 1. The van der Waals surface area contributed by atoms with E-state index in [-0.39, 0.29) is 0 Å². The van der Waals surface area contributed by atoms with Crippen LogP contribution in [0, 0.1) is 5.82 Å². The van der Waals surface area contributed by atoms with Gasteiger partial charge in [-0.05, 0) is 42.7 Å². The molecular weight excluding hydrogens is 331 g/mol. The highest BCUT2D eigenvalue weighted by molar-refractivity contribution is 6.01. The number of hydrogen-bond acceptors (Lipinski definition) is 2. The van der Waals surface area contributed by atoms with Crippen LogP contribution in [0.3, 0.4) is 0 Å². The Balaban J connectivity index is 1.66. The first kappa shape index (κ1) is 17.7. The Hall–Kier alpha value is -3.15. The molecule has 26 heavy (non-hydrogen) atoms. The van der Waals surface area contributed by atoms with Crippen molar-refractivity contribution < 1.29 is 9.18 Å². The largest absolute Gasteiger partial charge is 0.323 e. The maximum atomic E-state index is 14.0. The van der Waals surface area contributed by atoms with Crippen LogP contribution in [0.2, 0.25) is 0 Å². The number of carbonyl (C=O) groups is 1. The number of halogens is 1. The van der Waals surface area contributed by atoms with Gasteiger partial charge in [0.05, 0.1) is 5.69 Å². The van der Waals surface area contributed by atoms with Crippen molar-refractivity contribution in [1.82, 2.24) is 10.2 Å². The zero-order valence-corrected chi connectivity index (χ0v) is 14.6. The summed E-state index contributed by atoms with van der Waals surface area (Å²) < 4.78 is 14.0. The van der Waals surface area contributed by atoms with E-state index in [2.05, 4.69) is 27.8 Å². The Kier molecular flexibility index (Phi) is 5.63. The maximum Gasteiger partial charge on any atom is 0.323 e. The second-order valence-electron chi connectivity index (χ2n) is 6.01. The summed E-state index contributed by atoms with van der Waals surface area (Å²) in [4.78, 5) is 12.2. The van der Waals surface area contributed by atoms with Gasteiger partial charge in [-0.25, -0.2) is 9.18 Å². The second-order valence-corrected chi connectivity index (χ2v) is 6.01. The van der Waals surface area contributed by atoms with Crippen LogP contribution in [0.5, 0.6) is 0 Å². The lowest BCUT2D eigenvalue weighted by Gasteiger charge is -2.09. The van der Waals surface area contributed by atoms with E-state index < -0.39 is 11.8 Å². The van der Waals surface area contributed by atoms with Crippen LogP contribution in [-0.2, 0) is 6.42 Å². The van der Waals surface area contributed by atoms with Gasteiger partial charge in [0.1, 0.15) is 11.5 Å². The summed E-state index contributed by atoms with van der Waals surface area (Å²) in [6.45, 7) is 2.16. The number of hydrogen-bond donors (Lipinski definition) is 3. The minimum Gasteiger partial charge on any atom is -0.308 e. The first-order valence-electron chi connectivity index (χ1n) is 8.63. The molecule has 0 aliphatic heterocycles. The predicted molar refractivity (Wildman–Crippen MR) is 102 cm³/mol. The molecule has 1 heterocycles. The number of anilines is 2. The summed E-state index contributed by atoms with van der Waals surface area (Å²) in [6, 6.07) is 13.6. The van der Waals surface area contributed by atoms with Crippen LogP contribution in [-0.4, -0.2) is 16.2 Å². The third-order valence-electron chi connectivity index (χ3n) is 4.05. The fourth-order valence-corrected chi connectivity index (χ4v) is 2.66. The van der Waals surface area contributed by atoms with Crippen molar-refractivity contribution in [2.45, 2.75) is 26.2 Å². The van der Waals surface area contributed by atoms with Crippen LogP contribution in [0.15, 0.2) is 54.7 Å². The maximum absolute atomic E-state index is 14.0. The summed E-state index contributed by atoms with van der Waals surface area (Å²) >= 11 is 0. The van der Waals surface area contributed by atoms with Crippen molar-refractivity contribution >= 4 is 17.4 Å². The van der Waals surface area contributed by atoms with Crippen LogP contribution >= 0.6 is 0 Å². The van der Waals surface area contributed by atoms with E-state index >= 15 is 0 Å². The van der Waals surface area contributed by atoms with Gasteiger partial charge in [-0.15, -0.1) is 0 Å². The molecule has 134 valence electrons. The molecular formula is C20H21FN4O. The Morgan fingerprint density at radius 2 is 1.88 bits per heavy atom. The molecule has 0 aliphatic carbocycles. The Labute approximate surface area is 151 Å². The SMILES string of the molecule is CCCCc1ccc(NC(=O)Nc2c[nH]nc2-c2ccccc2F)cc1. The normalized spacial score (nSPS) is 10.5. The van der Waals surface area contributed by atoms with Crippen molar-refractivity contribution in [3.8, 4) is 11.3 Å². The molecule has 0 atom stereocenters. The van der Waals surface area contributed by atoms with E-state index in [9.17, 15) is 9.18 Å². The first-order chi connectivity index (χ1) is 12.7. The molecule has 3 aromatic rings. The summed E-state index contributed by atoms with van der Waals surface area (Å²) in [6.07, 6.45) is 4.85. The van der Waals surface area contributed by atoms with Crippen LogP contribution in [0.1, 0.15) is 25.3 Å². The van der Waals surface area contributed by atoms with Crippen LogP contribution in [0.4, 0.5) is 20.6 Å². The van der Waals surface area contributed by atoms with E-state index in [0.717, 1.165) is 19.3 Å². The third kappa shape index (κ3) is 4.27. The van der Waals surface area contributed by atoms with Crippen molar-refractivity contribution in [3.63, 3.8) is 0 Å². The molecule has 0 aliphatic rings. The van der Waals surface area contributed by atoms with Crippen LogP contribution in [0.25, 0.3) is 11.3 Å². The monoisotopic (exact) mass is 352 g/mol. The third-order valence-corrected chi connectivity index (χ3v) is 4.05. The molecule has 0 spiro atoms. The molecule has 0 fully saturated rings. The molecule has 6 heteroatoms. The van der Waals surface area contributed by atoms with Crippen molar-refractivity contribution in [1.29, 1.82) is 0 Å². The molecule has 0 bridgehead atoms. The number of aromatic nitrogens is 2. The number of nitrogens with zero attached hydrogens (tertiary/aromatic N) is 1. The van der Waals surface area contributed by atoms with Gasteiger partial charge in [0.25, 0.3) is 0 Å². The molecule has 0 saturated heterocycles. The number of aromatic amines is 1. The highest BCUT2D eigenvalue weighted by atomic mass is 19.1. The summed E-state index contributed by atoms with van der Waals surface area (Å²) in [5, 5.41) is 12.2. The predicted octanol–water partition coefficient (Wildman–Crippen LogP) is 5.20. The number of urea groups is 1. The molecule has 0 radical (unpaired) electrons. The average molecular weight is 352 g/mol. The van der Waals surface area contributed by atoms with E-state index in [4.69, 9.17) is 0 Å². The average Bonchev–Trinajstić information content (AvgIpc) is 3.09. The highest BCUT2D eigenvalue weighted by Gasteiger charge is 2.14. The number of nitrogens with one attached hydrogen (secondary N) is 3. The first-order valence-corrected chi connectivity index (χ1v) is 8.63. The topological polar surface area (TPSA) is 69.8 Å². The number of H-pyrrole nitrogens is 1. The molecule has 5 nitrogen and oxygen atoms in total. The molecule has 2 amide bonds. The molecule has 0 unspecified atom stereocenters. The van der Waals surface area contributed by atoms with Gasteiger partial charge in [-0.1, -0.05) is 37.6 Å². The number of benzene rings is 2. The van der Waals surface area contributed by atoms with Gasteiger partial charge in [0, 0.05) is 17.4 Å². The minimum absolute atomic E-state index is 0.323. The minimum atomic E-state index is -0.412. The zero-order valence-electron chi connectivity index (χ0n) is 14.6. The van der Waals surface area contributed by atoms with Crippen molar-refractivity contribution in [2.75, 3.05) is 10.6 Å². The van der Waals surface area contributed by atoms with Gasteiger partial charge in [-0.3, -0.25) is 5.10 Å². The van der Waals surface area contributed by atoms with Crippen LogP contribution < -0.4 is 10.6 Å². The number of amides is 2.